The molecule has 0 aliphatic rings. The Morgan fingerprint density at radius 1 is 1.53 bits per heavy atom. The Morgan fingerprint density at radius 3 is 2.88 bits per heavy atom. The molecule has 0 fully saturated rings. The molecular weight excluding hydrogens is 224 g/mol. The number of carboxylic acids is 1. The highest BCUT2D eigenvalue weighted by atomic mass is 16.4. The van der Waals surface area contributed by atoms with E-state index < -0.39 is 5.97 Å². The van der Waals surface area contributed by atoms with Gasteiger partial charge in [-0.1, -0.05) is 0 Å². The van der Waals surface area contributed by atoms with Crippen LogP contribution in [0.1, 0.15) is 6.42 Å². The number of nitrogens with zero attached hydrogens (tertiary/aromatic N) is 3. The van der Waals surface area contributed by atoms with Gasteiger partial charge in [-0.25, -0.2) is 4.79 Å². The maximum absolute atomic E-state index is 11.4. The summed E-state index contributed by atoms with van der Waals surface area (Å²) in [6, 6.07) is 1.45. The van der Waals surface area contributed by atoms with E-state index in [4.69, 9.17) is 5.11 Å². The number of aryl methyl sites for hydroxylation is 1. The standard InChI is InChI=1S/C10H16N4O3/c1-13(8-9(15)16)10(17)11-4-2-6-14-7-3-5-12-14/h3,5,7H,2,4,6,8H2,1H3,(H,11,17)(H,15,16). The van der Waals surface area contributed by atoms with Crippen molar-refractivity contribution in [1.29, 1.82) is 0 Å². The van der Waals surface area contributed by atoms with Gasteiger partial charge in [0.25, 0.3) is 0 Å². The average Bonchev–Trinajstić information content (AvgIpc) is 2.75. The smallest absolute Gasteiger partial charge is 0.323 e. The molecule has 2 N–H and O–H groups in total. The second kappa shape index (κ2) is 6.51. The fourth-order valence-electron chi connectivity index (χ4n) is 1.28. The summed E-state index contributed by atoms with van der Waals surface area (Å²) >= 11 is 0. The third-order valence-corrected chi connectivity index (χ3v) is 2.12. The van der Waals surface area contributed by atoms with Gasteiger partial charge in [0.2, 0.25) is 0 Å². The quantitative estimate of drug-likeness (QED) is 0.685. The van der Waals surface area contributed by atoms with Crippen LogP contribution in [0.2, 0.25) is 0 Å². The molecule has 1 rings (SSSR count). The highest BCUT2D eigenvalue weighted by Crippen LogP contribution is 1.89. The molecule has 7 heteroatoms. The van der Waals surface area contributed by atoms with Crippen LogP contribution in [-0.4, -0.2) is 51.9 Å². The van der Waals surface area contributed by atoms with Crippen LogP contribution in [0.5, 0.6) is 0 Å². The number of urea groups is 1. The summed E-state index contributed by atoms with van der Waals surface area (Å²) in [6.45, 7) is 0.906. The predicted octanol–water partition coefficient (Wildman–Crippen LogP) is -0.000800. The van der Waals surface area contributed by atoms with Crippen LogP contribution in [0.4, 0.5) is 4.79 Å². The number of hydrogen-bond acceptors (Lipinski definition) is 3. The van der Waals surface area contributed by atoms with Gasteiger partial charge < -0.3 is 15.3 Å². The van der Waals surface area contributed by atoms with Gasteiger partial charge in [-0.05, 0) is 12.5 Å². The molecule has 0 aliphatic heterocycles. The molecule has 0 saturated heterocycles. The van der Waals surface area contributed by atoms with Gasteiger partial charge in [-0.15, -0.1) is 0 Å². The molecule has 0 aliphatic carbocycles. The first-order valence-electron chi connectivity index (χ1n) is 5.28. The molecule has 0 spiro atoms. The topological polar surface area (TPSA) is 87.5 Å². The molecule has 0 saturated carbocycles. The molecule has 0 bridgehead atoms. The Kier molecular flexibility index (Phi) is 4.99. The van der Waals surface area contributed by atoms with E-state index in [0.29, 0.717) is 6.54 Å². The lowest BCUT2D eigenvalue weighted by molar-refractivity contribution is -0.137. The van der Waals surface area contributed by atoms with Crippen molar-refractivity contribution in [3.8, 4) is 0 Å². The zero-order valence-electron chi connectivity index (χ0n) is 9.67. The first kappa shape index (κ1) is 13.0. The number of carbonyl (C=O) groups is 2. The van der Waals surface area contributed by atoms with Gasteiger partial charge >= 0.3 is 12.0 Å². The van der Waals surface area contributed by atoms with Crippen LogP contribution in [0, 0.1) is 0 Å². The third-order valence-electron chi connectivity index (χ3n) is 2.12. The van der Waals surface area contributed by atoms with Crippen LogP contribution in [0.25, 0.3) is 0 Å². The molecule has 2 amide bonds. The molecule has 1 aromatic heterocycles. The minimum atomic E-state index is -1.03. The molecule has 0 radical (unpaired) electrons. The largest absolute Gasteiger partial charge is 0.480 e. The number of rotatable bonds is 6. The van der Waals surface area contributed by atoms with E-state index in [1.165, 1.54) is 7.05 Å². The van der Waals surface area contributed by atoms with E-state index in [0.717, 1.165) is 17.9 Å². The molecule has 0 atom stereocenters. The summed E-state index contributed by atoms with van der Waals surface area (Å²) in [6.07, 6.45) is 4.28. The number of nitrogens with one attached hydrogen (secondary N) is 1. The molecular formula is C10H16N4O3. The van der Waals surface area contributed by atoms with Crippen molar-refractivity contribution in [2.45, 2.75) is 13.0 Å². The number of hydrogen-bond donors (Lipinski definition) is 2. The number of carboxylic acid groups (broad SMARTS) is 1. The Balaban J connectivity index is 2.13. The van der Waals surface area contributed by atoms with Crippen LogP contribution in [-0.2, 0) is 11.3 Å². The first-order valence-corrected chi connectivity index (χ1v) is 5.28. The van der Waals surface area contributed by atoms with Crippen molar-refractivity contribution >= 4 is 12.0 Å². The fourth-order valence-corrected chi connectivity index (χ4v) is 1.28. The van der Waals surface area contributed by atoms with Crippen LogP contribution in [0.3, 0.4) is 0 Å². The minimum absolute atomic E-state index is 0.301. The van der Waals surface area contributed by atoms with E-state index in [1.54, 1.807) is 10.9 Å². The minimum Gasteiger partial charge on any atom is -0.480 e. The van der Waals surface area contributed by atoms with Crippen molar-refractivity contribution in [3.05, 3.63) is 18.5 Å². The Labute approximate surface area is 99.0 Å². The van der Waals surface area contributed by atoms with E-state index in [-0.39, 0.29) is 12.6 Å². The van der Waals surface area contributed by atoms with E-state index in [2.05, 4.69) is 10.4 Å². The van der Waals surface area contributed by atoms with E-state index in [9.17, 15) is 9.59 Å². The monoisotopic (exact) mass is 240 g/mol. The summed E-state index contributed by atoms with van der Waals surface area (Å²) < 4.78 is 1.77. The van der Waals surface area contributed by atoms with Crippen molar-refractivity contribution in [2.24, 2.45) is 0 Å². The SMILES string of the molecule is CN(CC(=O)O)C(=O)NCCCn1cccn1. The maximum atomic E-state index is 11.4. The van der Waals surface area contributed by atoms with Gasteiger partial charge in [-0.2, -0.15) is 5.10 Å². The van der Waals surface area contributed by atoms with Crippen molar-refractivity contribution in [2.75, 3.05) is 20.1 Å². The molecule has 17 heavy (non-hydrogen) atoms. The normalized spacial score (nSPS) is 9.94. The summed E-state index contributed by atoms with van der Waals surface area (Å²) in [4.78, 5) is 22.9. The summed E-state index contributed by atoms with van der Waals surface area (Å²) in [7, 11) is 1.44. The average molecular weight is 240 g/mol. The Morgan fingerprint density at radius 2 is 2.29 bits per heavy atom. The van der Waals surface area contributed by atoms with Crippen LogP contribution < -0.4 is 5.32 Å². The second-order valence-electron chi connectivity index (χ2n) is 3.60. The summed E-state index contributed by atoms with van der Waals surface area (Å²) in [5.74, 6) is -1.03. The zero-order chi connectivity index (χ0) is 12.7. The van der Waals surface area contributed by atoms with Gasteiger partial charge in [0.05, 0.1) is 0 Å². The van der Waals surface area contributed by atoms with Gasteiger partial charge in [0, 0.05) is 32.5 Å². The molecule has 0 aromatic carbocycles. The number of likely N-dealkylation sites (N-methyl/N-ethyl adjacent to an activating group) is 1. The predicted molar refractivity (Wildman–Crippen MR) is 60.5 cm³/mol. The van der Waals surface area contributed by atoms with Crippen molar-refractivity contribution < 1.29 is 14.7 Å². The second-order valence-corrected chi connectivity index (χ2v) is 3.60. The summed E-state index contributed by atoms with van der Waals surface area (Å²) in [5.41, 5.74) is 0. The fraction of sp³-hybridized carbons (Fsp3) is 0.500. The lowest BCUT2D eigenvalue weighted by atomic mass is 10.4. The number of amides is 2. The third kappa shape index (κ3) is 5.01. The van der Waals surface area contributed by atoms with E-state index in [1.807, 2.05) is 12.3 Å². The van der Waals surface area contributed by atoms with E-state index >= 15 is 0 Å². The Hall–Kier alpha value is -2.05. The van der Waals surface area contributed by atoms with Crippen molar-refractivity contribution in [3.63, 3.8) is 0 Å². The zero-order valence-corrected chi connectivity index (χ0v) is 9.67. The van der Waals surface area contributed by atoms with Crippen LogP contribution >= 0.6 is 0 Å². The molecule has 94 valence electrons. The number of carbonyl (C=O) groups excluding carboxylic acids is 1. The molecule has 1 aromatic rings. The van der Waals surface area contributed by atoms with Gasteiger partial charge in [-0.3, -0.25) is 9.48 Å². The Bertz CT molecular complexity index is 364. The molecule has 1 heterocycles. The molecule has 0 unspecified atom stereocenters. The number of aliphatic carboxylic acids is 1. The van der Waals surface area contributed by atoms with Gasteiger partial charge in [0.15, 0.2) is 0 Å². The number of aromatic nitrogens is 2. The highest BCUT2D eigenvalue weighted by molar-refractivity contribution is 5.79. The lowest BCUT2D eigenvalue weighted by Crippen LogP contribution is -2.40. The maximum Gasteiger partial charge on any atom is 0.323 e. The summed E-state index contributed by atoms with van der Waals surface area (Å²) in [5, 5.41) is 15.2. The van der Waals surface area contributed by atoms with Gasteiger partial charge in [0.1, 0.15) is 6.54 Å². The molecule has 7 nitrogen and oxygen atoms in total. The lowest BCUT2D eigenvalue weighted by Gasteiger charge is -2.15. The van der Waals surface area contributed by atoms with Crippen LogP contribution in [0.15, 0.2) is 18.5 Å². The van der Waals surface area contributed by atoms with Crippen molar-refractivity contribution in [1.82, 2.24) is 20.0 Å². The first-order chi connectivity index (χ1) is 8.09. The highest BCUT2D eigenvalue weighted by Gasteiger charge is 2.10.